The van der Waals surface area contributed by atoms with Gasteiger partial charge in [0.05, 0.1) is 24.9 Å². The molecule has 6 nitrogen and oxygen atoms in total. The number of hydrogen-bond donors (Lipinski definition) is 1. The zero-order valence-electron chi connectivity index (χ0n) is 17.6. The topological polar surface area (TPSA) is 55.3 Å². The number of nitrogens with zero attached hydrogens (tertiary/aromatic N) is 2. The highest BCUT2D eigenvalue weighted by molar-refractivity contribution is 14.0. The Morgan fingerprint density at radius 3 is 2.39 bits per heavy atom. The Balaban J connectivity index is 0.00000280. The summed E-state index contributed by atoms with van der Waals surface area (Å²) in [7, 11) is 1.88. The summed E-state index contributed by atoms with van der Waals surface area (Å²) in [6, 6.07) is 0. The van der Waals surface area contributed by atoms with Crippen LogP contribution in [0.5, 0.6) is 0 Å². The minimum Gasteiger partial charge on any atom is -0.378 e. The molecule has 28 heavy (non-hydrogen) atoms. The smallest absolute Gasteiger partial charge is 0.193 e. The first kappa shape index (κ1) is 24.2. The molecular formula is C21H40IN3O3. The third-order valence-corrected chi connectivity index (χ3v) is 6.01. The van der Waals surface area contributed by atoms with E-state index < -0.39 is 0 Å². The molecule has 2 saturated heterocycles. The first-order chi connectivity index (χ1) is 13.3. The molecular weight excluding hydrogens is 469 g/mol. The summed E-state index contributed by atoms with van der Waals surface area (Å²) in [5.74, 6) is 1.02. The van der Waals surface area contributed by atoms with E-state index in [9.17, 15) is 0 Å². The van der Waals surface area contributed by atoms with Gasteiger partial charge in [-0.05, 0) is 51.4 Å². The lowest BCUT2D eigenvalue weighted by atomic mass is 10.1. The number of halogens is 1. The summed E-state index contributed by atoms with van der Waals surface area (Å²) < 4.78 is 17.8. The molecule has 3 aliphatic rings. The fourth-order valence-electron chi connectivity index (χ4n) is 4.33. The van der Waals surface area contributed by atoms with Crippen molar-refractivity contribution in [1.82, 2.24) is 10.2 Å². The average Bonchev–Trinajstić information content (AvgIpc) is 3.24. The Kier molecular flexibility index (Phi) is 12.1. The van der Waals surface area contributed by atoms with Crippen LogP contribution in [0, 0.1) is 0 Å². The molecule has 0 amide bonds. The van der Waals surface area contributed by atoms with Crippen LogP contribution in [0.3, 0.4) is 0 Å². The first-order valence-corrected chi connectivity index (χ1v) is 11.2. The van der Waals surface area contributed by atoms with Crippen molar-refractivity contribution in [2.45, 2.75) is 82.5 Å². The third kappa shape index (κ3) is 8.32. The molecule has 1 atom stereocenters. The van der Waals surface area contributed by atoms with Crippen LogP contribution in [0.15, 0.2) is 4.99 Å². The zero-order chi connectivity index (χ0) is 18.7. The van der Waals surface area contributed by atoms with E-state index in [0.717, 1.165) is 71.1 Å². The van der Waals surface area contributed by atoms with Crippen molar-refractivity contribution < 1.29 is 14.2 Å². The van der Waals surface area contributed by atoms with Crippen molar-refractivity contribution in [3.63, 3.8) is 0 Å². The van der Waals surface area contributed by atoms with Gasteiger partial charge in [-0.2, -0.15) is 0 Å². The van der Waals surface area contributed by atoms with E-state index >= 15 is 0 Å². The van der Waals surface area contributed by atoms with Crippen molar-refractivity contribution in [1.29, 1.82) is 0 Å². The number of aliphatic imine (C=N–C) groups is 1. The lowest BCUT2D eigenvalue weighted by Crippen LogP contribution is -2.47. The summed E-state index contributed by atoms with van der Waals surface area (Å²) in [5, 5.41) is 3.50. The summed E-state index contributed by atoms with van der Waals surface area (Å²) >= 11 is 0. The second-order valence-electron chi connectivity index (χ2n) is 8.11. The summed E-state index contributed by atoms with van der Waals surface area (Å²) in [6.45, 7) is 5.46. The second kappa shape index (κ2) is 14.0. The molecule has 1 unspecified atom stereocenters. The lowest BCUT2D eigenvalue weighted by Gasteiger charge is -2.35. The van der Waals surface area contributed by atoms with Crippen LogP contribution in [-0.4, -0.2) is 75.7 Å². The Morgan fingerprint density at radius 1 is 1.00 bits per heavy atom. The fourth-order valence-corrected chi connectivity index (χ4v) is 4.33. The van der Waals surface area contributed by atoms with Crippen LogP contribution < -0.4 is 5.32 Å². The molecule has 0 radical (unpaired) electrons. The number of hydrogen-bond acceptors (Lipinski definition) is 4. The van der Waals surface area contributed by atoms with E-state index in [4.69, 9.17) is 14.2 Å². The number of piperidine rings is 1. The summed E-state index contributed by atoms with van der Waals surface area (Å²) in [4.78, 5) is 6.82. The minimum absolute atomic E-state index is 0. The SMILES string of the molecule is CN=C(NCCCOC1CCCC1)N1CCC(OCC2CCCCO2)CC1.I. The zero-order valence-corrected chi connectivity index (χ0v) is 19.9. The van der Waals surface area contributed by atoms with E-state index in [1.54, 1.807) is 0 Å². The van der Waals surface area contributed by atoms with Gasteiger partial charge in [0.1, 0.15) is 0 Å². The number of ether oxygens (including phenoxy) is 3. The van der Waals surface area contributed by atoms with Crippen LogP contribution in [0.2, 0.25) is 0 Å². The van der Waals surface area contributed by atoms with Gasteiger partial charge < -0.3 is 24.4 Å². The monoisotopic (exact) mass is 509 g/mol. The number of likely N-dealkylation sites (tertiary alicyclic amines) is 1. The van der Waals surface area contributed by atoms with Gasteiger partial charge in [-0.15, -0.1) is 24.0 Å². The van der Waals surface area contributed by atoms with Gasteiger partial charge in [-0.3, -0.25) is 4.99 Å². The van der Waals surface area contributed by atoms with E-state index in [2.05, 4.69) is 15.2 Å². The van der Waals surface area contributed by atoms with Gasteiger partial charge in [-0.25, -0.2) is 0 Å². The number of rotatable bonds is 8. The second-order valence-corrected chi connectivity index (χ2v) is 8.11. The molecule has 0 aromatic carbocycles. The van der Waals surface area contributed by atoms with Gasteiger partial charge in [0.2, 0.25) is 0 Å². The molecule has 0 bridgehead atoms. The van der Waals surface area contributed by atoms with Crippen molar-refractivity contribution >= 4 is 29.9 Å². The van der Waals surface area contributed by atoms with Crippen LogP contribution in [0.4, 0.5) is 0 Å². The number of guanidine groups is 1. The summed E-state index contributed by atoms with van der Waals surface area (Å²) in [6.07, 6.45) is 13.2. The van der Waals surface area contributed by atoms with Crippen molar-refractivity contribution in [3.05, 3.63) is 0 Å². The molecule has 2 heterocycles. The fraction of sp³-hybridized carbons (Fsp3) is 0.952. The van der Waals surface area contributed by atoms with E-state index in [-0.39, 0.29) is 24.0 Å². The molecule has 7 heteroatoms. The normalized spacial score (nSPS) is 25.0. The Hall–Kier alpha value is -0.120. The van der Waals surface area contributed by atoms with Crippen LogP contribution >= 0.6 is 24.0 Å². The van der Waals surface area contributed by atoms with Crippen LogP contribution in [0.25, 0.3) is 0 Å². The highest BCUT2D eigenvalue weighted by Crippen LogP contribution is 2.21. The highest BCUT2D eigenvalue weighted by atomic mass is 127. The molecule has 164 valence electrons. The molecule has 1 N–H and O–H groups in total. The van der Waals surface area contributed by atoms with Crippen molar-refractivity contribution in [2.75, 3.05) is 46.5 Å². The Morgan fingerprint density at radius 2 is 1.71 bits per heavy atom. The molecule has 0 aromatic heterocycles. The van der Waals surface area contributed by atoms with Gasteiger partial charge in [-0.1, -0.05) is 12.8 Å². The standard InChI is InChI=1S/C21H39N3O3.HI/c1-22-21(23-12-6-16-25-18-7-2-3-8-18)24-13-10-19(11-14-24)27-17-20-9-4-5-15-26-20;/h18-20H,2-17H2,1H3,(H,22,23);1H. The lowest BCUT2D eigenvalue weighted by molar-refractivity contribution is -0.0721. The number of nitrogens with one attached hydrogen (secondary N) is 1. The van der Waals surface area contributed by atoms with Gasteiger partial charge in [0.25, 0.3) is 0 Å². The third-order valence-electron chi connectivity index (χ3n) is 6.01. The molecule has 0 aromatic rings. The quantitative estimate of drug-likeness (QED) is 0.235. The molecule has 1 aliphatic carbocycles. The molecule has 3 rings (SSSR count). The molecule has 2 aliphatic heterocycles. The Bertz CT molecular complexity index is 433. The van der Waals surface area contributed by atoms with Gasteiger partial charge >= 0.3 is 0 Å². The predicted octanol–water partition coefficient (Wildman–Crippen LogP) is 3.58. The van der Waals surface area contributed by atoms with Crippen molar-refractivity contribution in [2.24, 2.45) is 4.99 Å². The first-order valence-electron chi connectivity index (χ1n) is 11.2. The highest BCUT2D eigenvalue weighted by Gasteiger charge is 2.23. The summed E-state index contributed by atoms with van der Waals surface area (Å²) in [5.41, 5.74) is 0. The van der Waals surface area contributed by atoms with Crippen LogP contribution in [-0.2, 0) is 14.2 Å². The van der Waals surface area contributed by atoms with Crippen LogP contribution in [0.1, 0.15) is 64.2 Å². The average molecular weight is 509 g/mol. The van der Waals surface area contributed by atoms with Crippen molar-refractivity contribution in [3.8, 4) is 0 Å². The predicted molar refractivity (Wildman–Crippen MR) is 124 cm³/mol. The van der Waals surface area contributed by atoms with E-state index in [1.807, 2.05) is 7.05 Å². The molecule has 0 spiro atoms. The largest absolute Gasteiger partial charge is 0.378 e. The molecule has 1 saturated carbocycles. The Labute approximate surface area is 188 Å². The van der Waals surface area contributed by atoms with Gasteiger partial charge in [0.15, 0.2) is 5.96 Å². The maximum absolute atomic E-state index is 6.12. The maximum Gasteiger partial charge on any atom is 0.193 e. The van der Waals surface area contributed by atoms with E-state index in [1.165, 1.54) is 38.5 Å². The van der Waals surface area contributed by atoms with E-state index in [0.29, 0.717) is 18.3 Å². The minimum atomic E-state index is 0. The van der Waals surface area contributed by atoms with Gasteiger partial charge in [0, 0.05) is 39.9 Å². The molecule has 3 fully saturated rings. The maximum atomic E-state index is 6.12.